The normalized spacial score (nSPS) is 17.5. The molecule has 1 aliphatic heterocycles. The van der Waals surface area contributed by atoms with Crippen LogP contribution in [0.25, 0.3) is 0 Å². The standard InChI is InChI=1S/C18H18F3N3O3/c1-26-14-5-2-12(3-6-14)15-11-24(8-9-27-15)17(25)23-13-4-7-16(22-10-13)18(19,20)21/h2-7,10,15H,8-9,11H2,1H3,(H,23,25). The van der Waals surface area contributed by atoms with Crippen LogP contribution in [-0.4, -0.2) is 42.7 Å². The third kappa shape index (κ3) is 4.68. The molecule has 1 saturated heterocycles. The molecule has 1 fully saturated rings. The number of urea groups is 1. The minimum absolute atomic E-state index is 0.195. The molecule has 2 heterocycles. The molecule has 144 valence electrons. The van der Waals surface area contributed by atoms with Crippen molar-refractivity contribution in [2.45, 2.75) is 12.3 Å². The van der Waals surface area contributed by atoms with Crippen molar-refractivity contribution in [2.24, 2.45) is 0 Å². The summed E-state index contributed by atoms with van der Waals surface area (Å²) in [7, 11) is 1.58. The van der Waals surface area contributed by atoms with Crippen molar-refractivity contribution in [3.63, 3.8) is 0 Å². The SMILES string of the molecule is COc1ccc(C2CN(C(=O)Nc3ccc(C(F)(F)F)nc3)CCO2)cc1. The van der Waals surface area contributed by atoms with Crippen molar-refractivity contribution in [2.75, 3.05) is 32.1 Å². The van der Waals surface area contributed by atoms with Gasteiger partial charge < -0.3 is 19.7 Å². The van der Waals surface area contributed by atoms with Crippen LogP contribution in [0.3, 0.4) is 0 Å². The zero-order valence-corrected chi connectivity index (χ0v) is 14.5. The number of alkyl halides is 3. The summed E-state index contributed by atoms with van der Waals surface area (Å²) in [6, 6.07) is 8.94. The Hall–Kier alpha value is -2.81. The van der Waals surface area contributed by atoms with Gasteiger partial charge in [-0.15, -0.1) is 0 Å². The molecule has 1 aliphatic rings. The Labute approximate surface area is 153 Å². The number of hydrogen-bond acceptors (Lipinski definition) is 4. The van der Waals surface area contributed by atoms with Gasteiger partial charge in [-0.2, -0.15) is 13.2 Å². The Morgan fingerprint density at radius 2 is 2.00 bits per heavy atom. The number of carbonyl (C=O) groups excluding carboxylic acids is 1. The van der Waals surface area contributed by atoms with E-state index < -0.39 is 17.9 Å². The van der Waals surface area contributed by atoms with Crippen LogP contribution in [0, 0.1) is 0 Å². The van der Waals surface area contributed by atoms with E-state index in [2.05, 4.69) is 10.3 Å². The highest BCUT2D eigenvalue weighted by molar-refractivity contribution is 5.89. The lowest BCUT2D eigenvalue weighted by Crippen LogP contribution is -2.44. The molecule has 0 bridgehead atoms. The lowest BCUT2D eigenvalue weighted by molar-refractivity contribution is -0.141. The number of anilines is 1. The van der Waals surface area contributed by atoms with Crippen LogP contribution in [0.2, 0.25) is 0 Å². The zero-order chi connectivity index (χ0) is 19.4. The Morgan fingerprint density at radius 1 is 1.26 bits per heavy atom. The minimum atomic E-state index is -4.52. The van der Waals surface area contributed by atoms with Gasteiger partial charge >= 0.3 is 12.2 Å². The number of amides is 2. The number of nitrogens with one attached hydrogen (secondary N) is 1. The van der Waals surface area contributed by atoms with Gasteiger partial charge in [0.25, 0.3) is 0 Å². The highest BCUT2D eigenvalue weighted by atomic mass is 19.4. The summed E-state index contributed by atoms with van der Waals surface area (Å²) >= 11 is 0. The van der Waals surface area contributed by atoms with E-state index in [4.69, 9.17) is 9.47 Å². The summed E-state index contributed by atoms with van der Waals surface area (Å²) in [5.74, 6) is 0.721. The second-order valence-electron chi connectivity index (χ2n) is 5.94. The fraction of sp³-hybridized carbons (Fsp3) is 0.333. The van der Waals surface area contributed by atoms with Crippen LogP contribution in [0.15, 0.2) is 42.6 Å². The first-order valence-corrected chi connectivity index (χ1v) is 8.21. The van der Waals surface area contributed by atoms with Crippen LogP contribution in [0.4, 0.5) is 23.7 Å². The Kier molecular flexibility index (Phi) is 5.50. The summed E-state index contributed by atoms with van der Waals surface area (Å²) in [5, 5.41) is 2.56. The summed E-state index contributed by atoms with van der Waals surface area (Å²) in [6.45, 7) is 1.06. The summed E-state index contributed by atoms with van der Waals surface area (Å²) < 4.78 is 48.5. The van der Waals surface area contributed by atoms with Gasteiger partial charge in [-0.1, -0.05) is 12.1 Å². The topological polar surface area (TPSA) is 63.7 Å². The number of methoxy groups -OCH3 is 1. The third-order valence-corrected chi connectivity index (χ3v) is 4.15. The maximum Gasteiger partial charge on any atom is 0.433 e. The van der Waals surface area contributed by atoms with Gasteiger partial charge in [0.1, 0.15) is 17.5 Å². The molecule has 3 rings (SSSR count). The van der Waals surface area contributed by atoms with Crippen molar-refractivity contribution in [1.82, 2.24) is 9.88 Å². The Bertz CT molecular complexity index is 779. The molecule has 2 amide bonds. The number of aromatic nitrogens is 1. The largest absolute Gasteiger partial charge is 0.497 e. The van der Waals surface area contributed by atoms with Gasteiger partial charge in [0, 0.05) is 6.54 Å². The second kappa shape index (κ2) is 7.83. The third-order valence-electron chi connectivity index (χ3n) is 4.15. The molecule has 1 N–H and O–H groups in total. The number of morpholine rings is 1. The molecule has 0 radical (unpaired) electrons. The van der Waals surface area contributed by atoms with Crippen LogP contribution in [-0.2, 0) is 10.9 Å². The average molecular weight is 381 g/mol. The van der Waals surface area contributed by atoms with Gasteiger partial charge in [-0.25, -0.2) is 9.78 Å². The van der Waals surface area contributed by atoms with E-state index in [-0.39, 0.29) is 11.8 Å². The van der Waals surface area contributed by atoms with Crippen molar-refractivity contribution in [3.8, 4) is 5.75 Å². The lowest BCUT2D eigenvalue weighted by atomic mass is 10.1. The van der Waals surface area contributed by atoms with Crippen molar-refractivity contribution >= 4 is 11.7 Å². The molecule has 1 atom stereocenters. The molecule has 27 heavy (non-hydrogen) atoms. The molecule has 0 aliphatic carbocycles. The first kappa shape index (κ1) is 19.0. The number of rotatable bonds is 3. The number of pyridine rings is 1. The van der Waals surface area contributed by atoms with Crippen LogP contribution in [0.1, 0.15) is 17.4 Å². The quantitative estimate of drug-likeness (QED) is 0.880. The monoisotopic (exact) mass is 381 g/mol. The zero-order valence-electron chi connectivity index (χ0n) is 14.5. The smallest absolute Gasteiger partial charge is 0.433 e. The predicted molar refractivity (Wildman–Crippen MR) is 91.5 cm³/mol. The van der Waals surface area contributed by atoms with Gasteiger partial charge in [0.05, 0.1) is 32.1 Å². The lowest BCUT2D eigenvalue weighted by Gasteiger charge is -2.33. The molecular weight excluding hydrogens is 363 g/mol. The summed E-state index contributed by atoms with van der Waals surface area (Å²) in [5.41, 5.74) is 0.0939. The van der Waals surface area contributed by atoms with Crippen molar-refractivity contribution in [3.05, 3.63) is 53.9 Å². The van der Waals surface area contributed by atoms with E-state index in [0.29, 0.717) is 19.7 Å². The highest BCUT2D eigenvalue weighted by Crippen LogP contribution is 2.28. The first-order valence-electron chi connectivity index (χ1n) is 8.21. The molecule has 1 aromatic carbocycles. The number of nitrogens with zero attached hydrogens (tertiary/aromatic N) is 2. The first-order chi connectivity index (χ1) is 12.9. The van der Waals surface area contributed by atoms with E-state index in [0.717, 1.165) is 23.6 Å². The molecule has 9 heteroatoms. The average Bonchev–Trinajstić information content (AvgIpc) is 2.68. The number of halogens is 3. The predicted octanol–water partition coefficient (Wildman–Crippen LogP) is 3.71. The molecular formula is C18H18F3N3O3. The summed E-state index contributed by atoms with van der Waals surface area (Å²) in [4.78, 5) is 17.3. The Balaban J connectivity index is 1.62. The van der Waals surface area contributed by atoms with Gasteiger partial charge in [0.15, 0.2) is 0 Å². The van der Waals surface area contributed by atoms with Crippen molar-refractivity contribution < 1.29 is 27.4 Å². The fourth-order valence-corrected chi connectivity index (χ4v) is 2.69. The Morgan fingerprint density at radius 3 is 2.59 bits per heavy atom. The highest BCUT2D eigenvalue weighted by Gasteiger charge is 2.32. The van der Waals surface area contributed by atoms with E-state index in [1.165, 1.54) is 6.07 Å². The molecule has 1 aromatic heterocycles. The summed E-state index contributed by atoms with van der Waals surface area (Å²) in [6.07, 6.45) is -3.82. The van der Waals surface area contributed by atoms with Crippen LogP contribution in [0.5, 0.6) is 5.75 Å². The van der Waals surface area contributed by atoms with E-state index in [1.807, 2.05) is 24.3 Å². The molecule has 0 spiro atoms. The maximum absolute atomic E-state index is 12.5. The molecule has 6 nitrogen and oxygen atoms in total. The van der Waals surface area contributed by atoms with E-state index in [9.17, 15) is 18.0 Å². The second-order valence-corrected chi connectivity index (χ2v) is 5.94. The number of hydrogen-bond donors (Lipinski definition) is 1. The number of benzene rings is 1. The molecule has 2 aromatic rings. The van der Waals surface area contributed by atoms with Gasteiger partial charge in [-0.05, 0) is 29.8 Å². The van der Waals surface area contributed by atoms with Gasteiger partial charge in [-0.3, -0.25) is 0 Å². The molecule has 1 unspecified atom stereocenters. The van der Waals surface area contributed by atoms with E-state index >= 15 is 0 Å². The number of ether oxygens (including phenoxy) is 2. The fourth-order valence-electron chi connectivity index (χ4n) is 2.69. The van der Waals surface area contributed by atoms with Gasteiger partial charge in [0.2, 0.25) is 0 Å². The van der Waals surface area contributed by atoms with E-state index in [1.54, 1.807) is 12.0 Å². The van der Waals surface area contributed by atoms with Crippen LogP contribution < -0.4 is 10.1 Å². The number of carbonyl (C=O) groups is 1. The van der Waals surface area contributed by atoms with Crippen LogP contribution >= 0.6 is 0 Å². The maximum atomic E-state index is 12.5. The molecule has 0 saturated carbocycles. The minimum Gasteiger partial charge on any atom is -0.497 e. The van der Waals surface area contributed by atoms with Crippen molar-refractivity contribution in [1.29, 1.82) is 0 Å².